The second kappa shape index (κ2) is 8.65. The molecule has 1 aromatic carbocycles. The number of hydrogen-bond acceptors (Lipinski definition) is 2. The number of ether oxygens (including phenoxy) is 1. The molecule has 0 saturated heterocycles. The molecule has 0 amide bonds. The van der Waals surface area contributed by atoms with Crippen molar-refractivity contribution in [2.75, 3.05) is 13.4 Å². The van der Waals surface area contributed by atoms with Crippen molar-refractivity contribution in [1.82, 2.24) is 0 Å². The zero-order valence-corrected chi connectivity index (χ0v) is 10.9. The highest BCUT2D eigenvalue weighted by Gasteiger charge is 1.93. The van der Waals surface area contributed by atoms with Crippen molar-refractivity contribution in [1.29, 1.82) is 0 Å². The number of hydrogen-bond donors (Lipinski definition) is 0. The predicted molar refractivity (Wildman–Crippen MR) is 65.7 cm³/mol. The van der Waals surface area contributed by atoms with E-state index in [0.29, 0.717) is 6.79 Å². The second-order valence-corrected chi connectivity index (χ2v) is 4.99. The molecule has 0 aliphatic heterocycles. The molecule has 0 N–H and O–H groups in total. The highest BCUT2D eigenvalue weighted by molar-refractivity contribution is 6.26. The molecule has 0 aliphatic rings. The molecule has 1 aromatic rings. The molecule has 0 unspecified atom stereocenters. The molecule has 0 atom stereocenters. The zero-order chi connectivity index (χ0) is 10.8. The van der Waals surface area contributed by atoms with Gasteiger partial charge in [-0.05, 0) is 25.0 Å². The second-order valence-electron chi connectivity index (χ2n) is 3.46. The van der Waals surface area contributed by atoms with Crippen molar-refractivity contribution < 1.29 is 9.16 Å². The van der Waals surface area contributed by atoms with Crippen LogP contribution >= 0.6 is 0 Å². The summed E-state index contributed by atoms with van der Waals surface area (Å²) in [6.45, 7) is 3.23. The zero-order valence-electron chi connectivity index (χ0n) is 9.45. The van der Waals surface area contributed by atoms with Crippen LogP contribution in [0.4, 0.5) is 0 Å². The van der Waals surface area contributed by atoms with Gasteiger partial charge in [0.25, 0.3) is 0 Å². The first-order chi connectivity index (χ1) is 7.43. The van der Waals surface area contributed by atoms with Crippen LogP contribution in [-0.4, -0.2) is 23.2 Å². The van der Waals surface area contributed by atoms with Crippen LogP contribution < -0.4 is 0 Å². The molecule has 0 aromatic heterocycles. The molecule has 0 saturated carbocycles. The minimum absolute atomic E-state index is 0.350. The SMILES string of the molecule is CCOCO[SiH2]CCCc1ccccc1. The van der Waals surface area contributed by atoms with Crippen LogP contribution in [0.25, 0.3) is 0 Å². The minimum atomic E-state index is -0.350. The Labute approximate surface area is 94.5 Å². The molecule has 2 nitrogen and oxygen atoms in total. The van der Waals surface area contributed by atoms with Crippen molar-refractivity contribution in [3.05, 3.63) is 35.9 Å². The summed E-state index contributed by atoms with van der Waals surface area (Å²) in [5.74, 6) is 0. The Hall–Kier alpha value is -0.643. The lowest BCUT2D eigenvalue weighted by Crippen LogP contribution is -2.04. The van der Waals surface area contributed by atoms with Crippen molar-refractivity contribution in [3.63, 3.8) is 0 Å². The Bertz CT molecular complexity index is 239. The van der Waals surface area contributed by atoms with Gasteiger partial charge in [0.2, 0.25) is 0 Å². The third-order valence-electron chi connectivity index (χ3n) is 2.22. The maximum Gasteiger partial charge on any atom is 0.164 e. The fraction of sp³-hybridized carbons (Fsp3) is 0.500. The minimum Gasteiger partial charge on any atom is -0.402 e. The Kier molecular flexibility index (Phi) is 7.16. The first-order valence-electron chi connectivity index (χ1n) is 5.63. The smallest absolute Gasteiger partial charge is 0.164 e. The average molecular weight is 224 g/mol. The maximum atomic E-state index is 5.43. The standard InChI is InChI=1S/C12H20O2Si/c1-2-13-11-14-15-10-6-9-12-7-4-3-5-8-12/h3-5,7-8H,2,6,9-11,15H2,1H3. The summed E-state index contributed by atoms with van der Waals surface area (Å²) < 4.78 is 10.5. The van der Waals surface area contributed by atoms with Crippen LogP contribution in [0.3, 0.4) is 0 Å². The van der Waals surface area contributed by atoms with Gasteiger partial charge in [0, 0.05) is 6.61 Å². The first-order valence-corrected chi connectivity index (χ1v) is 7.20. The van der Waals surface area contributed by atoms with E-state index in [2.05, 4.69) is 30.3 Å². The van der Waals surface area contributed by atoms with Crippen molar-refractivity contribution >= 4 is 9.76 Å². The Morgan fingerprint density at radius 2 is 2.00 bits per heavy atom. The highest BCUT2D eigenvalue weighted by atomic mass is 28.2. The van der Waals surface area contributed by atoms with Crippen LogP contribution in [0.1, 0.15) is 18.9 Å². The number of benzene rings is 1. The molecule has 3 heteroatoms. The van der Waals surface area contributed by atoms with Gasteiger partial charge in [-0.3, -0.25) is 0 Å². The van der Waals surface area contributed by atoms with E-state index in [1.165, 1.54) is 24.4 Å². The first kappa shape index (κ1) is 12.4. The molecular weight excluding hydrogens is 204 g/mol. The third-order valence-corrected chi connectivity index (χ3v) is 3.46. The van der Waals surface area contributed by atoms with E-state index in [-0.39, 0.29) is 9.76 Å². The van der Waals surface area contributed by atoms with E-state index in [0.717, 1.165) is 6.61 Å². The lowest BCUT2D eigenvalue weighted by atomic mass is 10.1. The maximum absolute atomic E-state index is 5.43. The lowest BCUT2D eigenvalue weighted by Gasteiger charge is -2.03. The van der Waals surface area contributed by atoms with Crippen molar-refractivity contribution in [2.24, 2.45) is 0 Å². The highest BCUT2D eigenvalue weighted by Crippen LogP contribution is 2.04. The summed E-state index contributed by atoms with van der Waals surface area (Å²) in [5, 5.41) is 0. The predicted octanol–water partition coefficient (Wildman–Crippen LogP) is 2.13. The summed E-state index contributed by atoms with van der Waals surface area (Å²) in [6.07, 6.45) is 2.41. The van der Waals surface area contributed by atoms with E-state index < -0.39 is 0 Å². The topological polar surface area (TPSA) is 18.5 Å². The van der Waals surface area contributed by atoms with Crippen LogP contribution in [0.2, 0.25) is 6.04 Å². The molecule has 15 heavy (non-hydrogen) atoms. The Morgan fingerprint density at radius 3 is 2.73 bits per heavy atom. The van der Waals surface area contributed by atoms with Gasteiger partial charge < -0.3 is 9.16 Å². The molecule has 0 heterocycles. The van der Waals surface area contributed by atoms with E-state index in [1.54, 1.807) is 0 Å². The van der Waals surface area contributed by atoms with Crippen LogP contribution in [0.5, 0.6) is 0 Å². The fourth-order valence-corrected chi connectivity index (χ4v) is 2.27. The van der Waals surface area contributed by atoms with Crippen molar-refractivity contribution in [3.8, 4) is 0 Å². The monoisotopic (exact) mass is 224 g/mol. The number of aryl methyl sites for hydroxylation is 1. The van der Waals surface area contributed by atoms with Crippen LogP contribution in [-0.2, 0) is 15.6 Å². The van der Waals surface area contributed by atoms with E-state index in [4.69, 9.17) is 9.16 Å². The van der Waals surface area contributed by atoms with E-state index in [1.807, 2.05) is 6.92 Å². The number of rotatable bonds is 8. The van der Waals surface area contributed by atoms with E-state index >= 15 is 0 Å². The van der Waals surface area contributed by atoms with Gasteiger partial charge in [-0.15, -0.1) is 0 Å². The molecule has 0 bridgehead atoms. The molecular formula is C12H20O2Si. The molecule has 0 aliphatic carbocycles. The van der Waals surface area contributed by atoms with Crippen LogP contribution in [0, 0.1) is 0 Å². The summed E-state index contributed by atoms with van der Waals surface area (Å²) >= 11 is 0. The van der Waals surface area contributed by atoms with E-state index in [9.17, 15) is 0 Å². The summed E-state index contributed by atoms with van der Waals surface area (Å²) in [4.78, 5) is 0. The van der Waals surface area contributed by atoms with Gasteiger partial charge in [-0.2, -0.15) is 0 Å². The average Bonchev–Trinajstić information content (AvgIpc) is 2.29. The molecule has 84 valence electrons. The Morgan fingerprint density at radius 1 is 1.20 bits per heavy atom. The van der Waals surface area contributed by atoms with Crippen LogP contribution in [0.15, 0.2) is 30.3 Å². The summed E-state index contributed by atoms with van der Waals surface area (Å²) in [6, 6.07) is 11.9. The van der Waals surface area contributed by atoms with Crippen molar-refractivity contribution in [2.45, 2.75) is 25.8 Å². The van der Waals surface area contributed by atoms with Gasteiger partial charge in [-0.25, -0.2) is 0 Å². The fourth-order valence-electron chi connectivity index (χ4n) is 1.38. The quantitative estimate of drug-likeness (QED) is 0.383. The van der Waals surface area contributed by atoms with Gasteiger partial charge in [0.05, 0.1) is 0 Å². The molecule has 0 radical (unpaired) electrons. The third kappa shape index (κ3) is 6.44. The van der Waals surface area contributed by atoms with Gasteiger partial charge in [-0.1, -0.05) is 36.8 Å². The molecule has 0 fully saturated rings. The van der Waals surface area contributed by atoms with Gasteiger partial charge >= 0.3 is 0 Å². The molecule has 1 rings (SSSR count). The summed E-state index contributed by atoms with van der Waals surface area (Å²) in [7, 11) is -0.350. The van der Waals surface area contributed by atoms with Gasteiger partial charge in [0.15, 0.2) is 9.76 Å². The lowest BCUT2D eigenvalue weighted by molar-refractivity contribution is 0.0242. The molecule has 0 spiro atoms. The normalized spacial score (nSPS) is 11.3. The summed E-state index contributed by atoms with van der Waals surface area (Å²) in [5.41, 5.74) is 1.43. The van der Waals surface area contributed by atoms with Gasteiger partial charge in [0.1, 0.15) is 6.79 Å². The Balaban J connectivity index is 1.93. The largest absolute Gasteiger partial charge is 0.402 e.